The fourth-order valence-corrected chi connectivity index (χ4v) is 7.34. The number of nitrogens with one attached hydrogen (secondary N) is 1. The zero-order valence-electron chi connectivity index (χ0n) is 24.4. The van der Waals surface area contributed by atoms with Crippen molar-refractivity contribution < 1.29 is 26.7 Å². The van der Waals surface area contributed by atoms with Gasteiger partial charge in [-0.3, -0.25) is 9.48 Å². The number of sulfonamides is 1. The number of anilines is 1. The molecule has 1 amide bonds. The lowest BCUT2D eigenvalue weighted by atomic mass is 9.99. The van der Waals surface area contributed by atoms with Crippen molar-refractivity contribution in [2.45, 2.75) is 69.5 Å². The van der Waals surface area contributed by atoms with Crippen molar-refractivity contribution in [3.05, 3.63) is 17.1 Å². The third kappa shape index (κ3) is 6.08. The first-order valence-corrected chi connectivity index (χ1v) is 16.4. The Hall–Kier alpha value is -3.26. The molecule has 1 saturated carbocycles. The fraction of sp³-hybridized carbons (Fsp3) is 0.593. The van der Waals surface area contributed by atoms with Crippen molar-refractivity contribution in [1.82, 2.24) is 29.6 Å². The minimum absolute atomic E-state index is 0.0569. The lowest BCUT2D eigenvalue weighted by Crippen LogP contribution is -2.57. The van der Waals surface area contributed by atoms with Crippen LogP contribution in [0.1, 0.15) is 51.5 Å². The number of nitrogens with zero attached hydrogens (tertiary/aromatic N) is 7. The number of benzene rings is 1. The molecular formula is C27H34F2N8O4S2. The average Bonchev–Trinajstić information content (AvgIpc) is 3.36. The number of halogens is 2. The Morgan fingerprint density at radius 2 is 2.07 bits per heavy atom. The monoisotopic (exact) mass is 636 g/mol. The van der Waals surface area contributed by atoms with Gasteiger partial charge in [-0.05, 0) is 38.3 Å². The number of methoxy groups -OCH3 is 1. The summed E-state index contributed by atoms with van der Waals surface area (Å²) in [5.41, 5.74) is 0.136. The zero-order chi connectivity index (χ0) is 31.1. The first-order chi connectivity index (χ1) is 20.4. The number of rotatable bonds is 13. The van der Waals surface area contributed by atoms with Crippen LogP contribution < -0.4 is 9.62 Å². The molecule has 43 heavy (non-hydrogen) atoms. The van der Waals surface area contributed by atoms with Gasteiger partial charge in [-0.2, -0.15) is 15.1 Å². The Labute approximate surface area is 252 Å². The summed E-state index contributed by atoms with van der Waals surface area (Å²) >= 11 is 0.708. The second kappa shape index (κ2) is 12.0. The summed E-state index contributed by atoms with van der Waals surface area (Å²) in [6, 6.07) is 4.95. The standard InChI is InChI=1S/C27H34F2N8O4S2/c1-5-35(14-17-6-9-36(17)26(38)16(2)3)20-13-18(43(39,40)34-27(15-30)7-8-27)12-19-21(20)33-37(10-11-41-4)22(19)24-31-32-25(42-24)23(28)29/h12-13,16-17,23,34H,5-11,14H2,1-4H3. The maximum absolute atomic E-state index is 13.7. The number of likely N-dealkylation sites (tertiary alicyclic amines) is 1. The summed E-state index contributed by atoms with van der Waals surface area (Å²) in [6.07, 6.45) is -1.21. The molecule has 0 bridgehead atoms. The summed E-state index contributed by atoms with van der Waals surface area (Å²) in [6.45, 7) is 7.70. The molecule has 1 saturated heterocycles. The number of carbonyl (C=O) groups excluding carboxylic acids is 1. The van der Waals surface area contributed by atoms with E-state index < -0.39 is 27.0 Å². The molecule has 2 aliphatic rings. The summed E-state index contributed by atoms with van der Waals surface area (Å²) in [7, 11) is -2.65. The van der Waals surface area contributed by atoms with E-state index in [0.29, 0.717) is 66.1 Å². The van der Waals surface area contributed by atoms with Crippen molar-refractivity contribution >= 4 is 43.9 Å². The SMILES string of the molecule is CCN(CC1CCN1C(=O)C(C)C)c1cc(S(=O)(=O)NC2(C#N)CC2)cc2c(-c3nnc(C(F)F)s3)n(CCOC)nc12. The fourth-order valence-electron chi connectivity index (χ4n) is 5.15. The molecule has 3 heterocycles. The number of hydrogen-bond donors (Lipinski definition) is 1. The van der Waals surface area contributed by atoms with Crippen molar-refractivity contribution in [3.63, 3.8) is 0 Å². The van der Waals surface area contributed by atoms with Crippen LogP contribution in [0, 0.1) is 17.2 Å². The molecule has 1 aliphatic heterocycles. The van der Waals surface area contributed by atoms with Gasteiger partial charge in [-0.15, -0.1) is 10.2 Å². The van der Waals surface area contributed by atoms with Crippen LogP contribution in [0.25, 0.3) is 21.6 Å². The van der Waals surface area contributed by atoms with Crippen LogP contribution >= 0.6 is 11.3 Å². The quantitative estimate of drug-likeness (QED) is 0.298. The Morgan fingerprint density at radius 1 is 1.33 bits per heavy atom. The number of ether oxygens (including phenoxy) is 1. The van der Waals surface area contributed by atoms with Crippen LogP contribution in [0.5, 0.6) is 0 Å². The van der Waals surface area contributed by atoms with Crippen molar-refractivity contribution in [2.75, 3.05) is 38.3 Å². The van der Waals surface area contributed by atoms with Crippen LogP contribution in [0.3, 0.4) is 0 Å². The van der Waals surface area contributed by atoms with Gasteiger partial charge in [0.25, 0.3) is 6.43 Å². The number of nitriles is 1. The van der Waals surface area contributed by atoms with Gasteiger partial charge in [-0.25, -0.2) is 17.2 Å². The van der Waals surface area contributed by atoms with E-state index in [1.807, 2.05) is 30.6 Å². The molecule has 2 fully saturated rings. The van der Waals surface area contributed by atoms with Gasteiger partial charge < -0.3 is 14.5 Å². The Kier molecular flexibility index (Phi) is 8.72. The van der Waals surface area contributed by atoms with Gasteiger partial charge in [-0.1, -0.05) is 25.2 Å². The Morgan fingerprint density at radius 3 is 2.60 bits per heavy atom. The van der Waals surface area contributed by atoms with E-state index in [0.717, 1.165) is 6.42 Å². The van der Waals surface area contributed by atoms with Crippen LogP contribution in [0.2, 0.25) is 0 Å². The van der Waals surface area contributed by atoms with Gasteiger partial charge in [0, 0.05) is 38.0 Å². The van der Waals surface area contributed by atoms with Gasteiger partial charge in [0.2, 0.25) is 15.9 Å². The minimum Gasteiger partial charge on any atom is -0.383 e. The maximum Gasteiger partial charge on any atom is 0.291 e. The zero-order valence-corrected chi connectivity index (χ0v) is 26.0. The average molecular weight is 637 g/mol. The van der Waals surface area contributed by atoms with Gasteiger partial charge in [0.1, 0.15) is 16.7 Å². The molecule has 16 heteroatoms. The van der Waals surface area contributed by atoms with E-state index in [1.165, 1.54) is 19.2 Å². The topological polar surface area (TPSA) is 146 Å². The summed E-state index contributed by atoms with van der Waals surface area (Å²) in [5.74, 6) is -0.0930. The second-order valence-electron chi connectivity index (χ2n) is 11.1. The van der Waals surface area contributed by atoms with E-state index in [-0.39, 0.29) is 40.9 Å². The molecule has 1 unspecified atom stereocenters. The van der Waals surface area contributed by atoms with E-state index in [2.05, 4.69) is 21.0 Å². The Balaban J connectivity index is 1.68. The number of fused-ring (bicyclic) bond motifs is 1. The second-order valence-corrected chi connectivity index (χ2v) is 13.8. The van der Waals surface area contributed by atoms with Gasteiger partial charge in [0.15, 0.2) is 10.0 Å². The maximum atomic E-state index is 13.7. The van der Waals surface area contributed by atoms with Gasteiger partial charge >= 0.3 is 0 Å². The lowest BCUT2D eigenvalue weighted by Gasteiger charge is -2.44. The number of alkyl halides is 2. The highest BCUT2D eigenvalue weighted by Crippen LogP contribution is 2.41. The molecule has 3 aromatic rings. The number of hydrogen-bond acceptors (Lipinski definition) is 10. The summed E-state index contributed by atoms with van der Waals surface area (Å²) < 4.78 is 63.7. The predicted octanol–water partition coefficient (Wildman–Crippen LogP) is 3.56. The molecule has 0 radical (unpaired) electrons. The molecule has 1 aromatic carbocycles. The molecule has 12 nitrogen and oxygen atoms in total. The van der Waals surface area contributed by atoms with Crippen LogP contribution in [0.15, 0.2) is 17.0 Å². The molecule has 2 aromatic heterocycles. The van der Waals surface area contributed by atoms with E-state index in [4.69, 9.17) is 9.84 Å². The van der Waals surface area contributed by atoms with Crippen molar-refractivity contribution in [3.8, 4) is 16.8 Å². The van der Waals surface area contributed by atoms with Gasteiger partial charge in [0.05, 0.1) is 35.8 Å². The molecule has 1 aliphatic carbocycles. The van der Waals surface area contributed by atoms with Crippen LogP contribution in [-0.2, 0) is 26.1 Å². The molecular weight excluding hydrogens is 602 g/mol. The molecule has 232 valence electrons. The molecule has 5 rings (SSSR count). The summed E-state index contributed by atoms with van der Waals surface area (Å²) in [4.78, 5) is 16.5. The third-order valence-electron chi connectivity index (χ3n) is 7.81. The molecule has 1 N–H and O–H groups in total. The predicted molar refractivity (Wildman–Crippen MR) is 156 cm³/mol. The number of carbonyl (C=O) groups is 1. The summed E-state index contributed by atoms with van der Waals surface area (Å²) in [5, 5.41) is 22.1. The molecule has 0 spiro atoms. The highest BCUT2D eigenvalue weighted by atomic mass is 32.2. The highest BCUT2D eigenvalue weighted by molar-refractivity contribution is 7.89. The molecule has 1 atom stereocenters. The highest BCUT2D eigenvalue weighted by Gasteiger charge is 2.47. The number of amides is 1. The third-order valence-corrected chi connectivity index (χ3v) is 10.3. The van der Waals surface area contributed by atoms with Crippen molar-refractivity contribution in [2.24, 2.45) is 5.92 Å². The van der Waals surface area contributed by atoms with E-state index in [9.17, 15) is 27.3 Å². The first-order valence-electron chi connectivity index (χ1n) is 14.1. The minimum atomic E-state index is -4.17. The Bertz CT molecular complexity index is 1660. The van der Waals surface area contributed by atoms with Crippen LogP contribution in [0.4, 0.5) is 14.5 Å². The van der Waals surface area contributed by atoms with E-state index >= 15 is 0 Å². The first kappa shape index (κ1) is 31.2. The number of likely N-dealkylation sites (N-methyl/N-ethyl adjacent to an activating group) is 1. The van der Waals surface area contributed by atoms with E-state index in [1.54, 1.807) is 4.68 Å². The largest absolute Gasteiger partial charge is 0.383 e. The van der Waals surface area contributed by atoms with Crippen molar-refractivity contribution in [1.29, 1.82) is 5.26 Å². The van der Waals surface area contributed by atoms with Crippen LogP contribution in [-0.4, -0.2) is 84.1 Å². The number of aromatic nitrogens is 4. The lowest BCUT2D eigenvalue weighted by molar-refractivity contribution is -0.141. The normalized spacial score (nSPS) is 17.8. The smallest absolute Gasteiger partial charge is 0.291 e.